The first-order valence-electron chi connectivity index (χ1n) is 4.27. The minimum Gasteiger partial charge on any atom is -0.456 e. The zero-order valence-corrected chi connectivity index (χ0v) is 8.78. The number of aromatic nitrogens is 1. The van der Waals surface area contributed by atoms with Crippen LogP contribution in [0.4, 0.5) is 0 Å². The van der Waals surface area contributed by atoms with Crippen LogP contribution in [0.3, 0.4) is 0 Å². The lowest BCUT2D eigenvalue weighted by Gasteiger charge is -1.91. The molecule has 0 aliphatic rings. The van der Waals surface area contributed by atoms with Crippen LogP contribution in [0.5, 0.6) is 0 Å². The normalized spacial score (nSPS) is 11.2. The Balaban J connectivity index is 2.65. The van der Waals surface area contributed by atoms with Gasteiger partial charge in [0.25, 0.3) is 0 Å². The van der Waals surface area contributed by atoms with Crippen LogP contribution in [0.1, 0.15) is 0 Å². The highest BCUT2D eigenvalue weighted by atomic mass is 79.9. The van der Waals surface area contributed by atoms with Gasteiger partial charge in [-0.25, -0.2) is 0 Å². The molecule has 0 unspecified atom stereocenters. The summed E-state index contributed by atoms with van der Waals surface area (Å²) < 4.78 is 6.71. The lowest BCUT2D eigenvalue weighted by Crippen LogP contribution is -1.70. The molecule has 0 radical (unpaired) electrons. The molecule has 0 fully saturated rings. The number of hydrogen-bond acceptors (Lipinski definition) is 2. The van der Waals surface area contributed by atoms with Crippen molar-refractivity contribution in [3.63, 3.8) is 0 Å². The molecule has 2 nitrogen and oxygen atoms in total. The van der Waals surface area contributed by atoms with Crippen molar-refractivity contribution in [1.82, 2.24) is 4.98 Å². The molecule has 1 aromatic carbocycles. The topological polar surface area (TPSA) is 26.0 Å². The Morgan fingerprint density at radius 3 is 3.00 bits per heavy atom. The van der Waals surface area contributed by atoms with Crippen molar-refractivity contribution in [2.45, 2.75) is 0 Å². The Hall–Kier alpha value is -1.35. The average Bonchev–Trinajstić information content (AvgIpc) is 2.57. The molecule has 3 rings (SSSR count). The molecule has 2 aromatic heterocycles. The quantitative estimate of drug-likeness (QED) is 0.605. The van der Waals surface area contributed by atoms with Gasteiger partial charge in [-0.05, 0) is 18.2 Å². The van der Waals surface area contributed by atoms with Gasteiger partial charge in [-0.1, -0.05) is 22.0 Å². The van der Waals surface area contributed by atoms with Crippen LogP contribution in [0.25, 0.3) is 21.9 Å². The van der Waals surface area contributed by atoms with E-state index in [1.54, 1.807) is 6.20 Å². The second-order valence-corrected chi connectivity index (χ2v) is 3.94. The van der Waals surface area contributed by atoms with Gasteiger partial charge in [-0.2, -0.15) is 0 Å². The predicted molar refractivity (Wildman–Crippen MR) is 59.2 cm³/mol. The minimum absolute atomic E-state index is 0.877. The molecule has 0 amide bonds. The highest BCUT2D eigenvalue weighted by Gasteiger charge is 2.08. The fraction of sp³-hybridized carbons (Fsp3) is 0. The van der Waals surface area contributed by atoms with Crippen LogP contribution in [-0.2, 0) is 0 Å². The zero-order chi connectivity index (χ0) is 9.54. The van der Waals surface area contributed by atoms with Gasteiger partial charge < -0.3 is 4.42 Å². The largest absolute Gasteiger partial charge is 0.456 e. The molecule has 0 aliphatic carbocycles. The lowest BCUT2D eigenvalue weighted by atomic mass is 10.2. The van der Waals surface area contributed by atoms with Crippen molar-refractivity contribution < 1.29 is 4.42 Å². The summed E-state index contributed by atoms with van der Waals surface area (Å²) in [6.07, 6.45) is 3.56. The van der Waals surface area contributed by atoms with E-state index in [9.17, 15) is 0 Å². The first-order valence-corrected chi connectivity index (χ1v) is 5.06. The molecule has 14 heavy (non-hydrogen) atoms. The minimum atomic E-state index is 0.877. The number of nitrogens with zero attached hydrogens (tertiary/aromatic N) is 1. The summed E-state index contributed by atoms with van der Waals surface area (Å²) in [5.41, 5.74) is 1.77. The van der Waals surface area contributed by atoms with Crippen molar-refractivity contribution in [1.29, 1.82) is 0 Å². The zero-order valence-electron chi connectivity index (χ0n) is 7.20. The molecule has 0 N–H and O–H groups in total. The third-order valence-electron chi connectivity index (χ3n) is 2.25. The fourth-order valence-electron chi connectivity index (χ4n) is 1.63. The van der Waals surface area contributed by atoms with E-state index in [4.69, 9.17) is 4.42 Å². The SMILES string of the molecule is Brc1cccc2oc3ccncc3c12. The van der Waals surface area contributed by atoms with E-state index < -0.39 is 0 Å². The van der Waals surface area contributed by atoms with E-state index >= 15 is 0 Å². The van der Waals surface area contributed by atoms with Crippen LogP contribution in [0, 0.1) is 0 Å². The van der Waals surface area contributed by atoms with Crippen molar-refractivity contribution in [3.8, 4) is 0 Å². The van der Waals surface area contributed by atoms with Crippen LogP contribution >= 0.6 is 15.9 Å². The first kappa shape index (κ1) is 8.00. The monoisotopic (exact) mass is 247 g/mol. The highest BCUT2D eigenvalue weighted by molar-refractivity contribution is 9.10. The van der Waals surface area contributed by atoms with Gasteiger partial charge in [0, 0.05) is 27.6 Å². The molecule has 3 heteroatoms. The van der Waals surface area contributed by atoms with Crippen LogP contribution < -0.4 is 0 Å². The van der Waals surface area contributed by atoms with Crippen molar-refractivity contribution in [2.75, 3.05) is 0 Å². The number of halogens is 1. The highest BCUT2D eigenvalue weighted by Crippen LogP contribution is 2.32. The number of hydrogen-bond donors (Lipinski definition) is 0. The molecule has 0 spiro atoms. The van der Waals surface area contributed by atoms with Crippen molar-refractivity contribution in [2.24, 2.45) is 0 Å². The number of pyridine rings is 1. The van der Waals surface area contributed by atoms with Gasteiger partial charge in [-0.15, -0.1) is 0 Å². The maximum absolute atomic E-state index is 5.66. The predicted octanol–water partition coefficient (Wildman–Crippen LogP) is 3.74. The van der Waals surface area contributed by atoms with Gasteiger partial charge in [0.05, 0.1) is 0 Å². The van der Waals surface area contributed by atoms with E-state index in [2.05, 4.69) is 20.9 Å². The second kappa shape index (κ2) is 2.82. The Bertz CT molecular complexity index is 615. The summed E-state index contributed by atoms with van der Waals surface area (Å²) in [5.74, 6) is 0. The van der Waals surface area contributed by atoms with Crippen LogP contribution in [0.15, 0.2) is 45.5 Å². The van der Waals surface area contributed by atoms with Crippen molar-refractivity contribution >= 4 is 37.9 Å². The van der Waals surface area contributed by atoms with E-state index in [0.717, 1.165) is 26.4 Å². The molecule has 2 heterocycles. The van der Waals surface area contributed by atoms with E-state index in [1.807, 2.05) is 30.5 Å². The van der Waals surface area contributed by atoms with Crippen LogP contribution in [-0.4, -0.2) is 4.98 Å². The summed E-state index contributed by atoms with van der Waals surface area (Å²) in [6.45, 7) is 0. The Kier molecular flexibility index (Phi) is 1.61. The van der Waals surface area contributed by atoms with Crippen LogP contribution in [0.2, 0.25) is 0 Å². The number of benzene rings is 1. The van der Waals surface area contributed by atoms with Gasteiger partial charge in [0.2, 0.25) is 0 Å². The number of rotatable bonds is 0. The lowest BCUT2D eigenvalue weighted by molar-refractivity contribution is 0.668. The fourth-order valence-corrected chi connectivity index (χ4v) is 2.19. The Morgan fingerprint density at radius 2 is 2.07 bits per heavy atom. The average molecular weight is 248 g/mol. The first-order chi connectivity index (χ1) is 6.86. The van der Waals surface area contributed by atoms with Gasteiger partial charge in [0.15, 0.2) is 0 Å². The summed E-state index contributed by atoms with van der Waals surface area (Å²) in [6, 6.07) is 7.80. The van der Waals surface area contributed by atoms with Gasteiger partial charge >= 0.3 is 0 Å². The molecule has 0 saturated carbocycles. The molecular weight excluding hydrogens is 242 g/mol. The molecule has 68 valence electrons. The van der Waals surface area contributed by atoms with E-state index in [1.165, 1.54) is 0 Å². The van der Waals surface area contributed by atoms with Gasteiger partial charge in [0.1, 0.15) is 11.2 Å². The summed E-state index contributed by atoms with van der Waals surface area (Å²) in [4.78, 5) is 4.10. The molecule has 0 atom stereocenters. The molecule has 0 bridgehead atoms. The third-order valence-corrected chi connectivity index (χ3v) is 2.91. The Morgan fingerprint density at radius 1 is 1.14 bits per heavy atom. The molecule has 0 aliphatic heterocycles. The molecule has 0 saturated heterocycles. The Labute approximate surface area is 88.7 Å². The van der Waals surface area contributed by atoms with Crippen molar-refractivity contribution in [3.05, 3.63) is 41.1 Å². The maximum Gasteiger partial charge on any atom is 0.138 e. The van der Waals surface area contributed by atoms with E-state index in [-0.39, 0.29) is 0 Å². The molecular formula is C11H6BrNO. The summed E-state index contributed by atoms with van der Waals surface area (Å²) in [7, 11) is 0. The van der Waals surface area contributed by atoms with E-state index in [0.29, 0.717) is 0 Å². The third kappa shape index (κ3) is 0.990. The molecule has 3 aromatic rings. The summed E-state index contributed by atoms with van der Waals surface area (Å²) >= 11 is 3.51. The number of furan rings is 1. The number of fused-ring (bicyclic) bond motifs is 3. The smallest absolute Gasteiger partial charge is 0.138 e. The standard InChI is InChI=1S/C11H6BrNO/c12-8-2-1-3-10-11(8)7-6-13-5-4-9(7)14-10/h1-6H. The maximum atomic E-state index is 5.66. The summed E-state index contributed by atoms with van der Waals surface area (Å²) in [5, 5.41) is 2.14. The van der Waals surface area contributed by atoms with Gasteiger partial charge in [-0.3, -0.25) is 4.98 Å². The second-order valence-electron chi connectivity index (χ2n) is 3.09.